The van der Waals surface area contributed by atoms with Gasteiger partial charge in [-0.2, -0.15) is 0 Å². The van der Waals surface area contributed by atoms with Crippen LogP contribution in [0.4, 0.5) is 4.79 Å². The van der Waals surface area contributed by atoms with Gasteiger partial charge in [0.15, 0.2) is 0 Å². The zero-order valence-electron chi connectivity index (χ0n) is 20.1. The van der Waals surface area contributed by atoms with Crippen molar-refractivity contribution < 1.29 is 9.53 Å². The number of carbonyl (C=O) groups excluding carboxylic acids is 1. The summed E-state index contributed by atoms with van der Waals surface area (Å²) in [6.07, 6.45) is 7.96. The highest BCUT2D eigenvalue weighted by atomic mass is 79.9. The van der Waals surface area contributed by atoms with E-state index >= 15 is 0 Å². The molecule has 1 N–H and O–H groups in total. The molecule has 0 saturated carbocycles. The number of nitrogens with one attached hydrogen (secondary N) is 1. The lowest BCUT2D eigenvalue weighted by atomic mass is 9.72. The number of nitrogens with zero attached hydrogens (tertiary/aromatic N) is 1. The Morgan fingerprint density at radius 2 is 2.00 bits per heavy atom. The van der Waals surface area contributed by atoms with Crippen LogP contribution in [0.15, 0.2) is 64.2 Å². The summed E-state index contributed by atoms with van der Waals surface area (Å²) >= 11 is 3.32. The lowest BCUT2D eigenvalue weighted by Gasteiger charge is -2.37. The predicted molar refractivity (Wildman–Crippen MR) is 138 cm³/mol. The van der Waals surface area contributed by atoms with E-state index in [-0.39, 0.29) is 17.6 Å². The quantitative estimate of drug-likeness (QED) is 0.277. The van der Waals surface area contributed by atoms with Crippen LogP contribution in [0.3, 0.4) is 0 Å². The first-order chi connectivity index (χ1) is 15.0. The van der Waals surface area contributed by atoms with Crippen molar-refractivity contribution in [3.63, 3.8) is 0 Å². The second-order valence-corrected chi connectivity index (χ2v) is 10.6. The van der Waals surface area contributed by atoms with E-state index in [1.165, 1.54) is 11.1 Å². The molecule has 1 aromatic rings. The van der Waals surface area contributed by atoms with E-state index in [1.54, 1.807) is 6.21 Å². The average Bonchev–Trinajstić information content (AvgIpc) is 2.99. The highest BCUT2D eigenvalue weighted by molar-refractivity contribution is 9.12. The molecule has 0 aromatic heterocycles. The molecule has 0 spiro atoms. The van der Waals surface area contributed by atoms with Crippen LogP contribution in [0.25, 0.3) is 0 Å². The maximum absolute atomic E-state index is 12.8. The first-order valence-electron chi connectivity index (χ1n) is 11.3. The molecule has 32 heavy (non-hydrogen) atoms. The van der Waals surface area contributed by atoms with Crippen molar-refractivity contribution in [2.75, 3.05) is 0 Å². The number of benzene rings is 1. The van der Waals surface area contributed by atoms with Gasteiger partial charge < -0.3 is 10.1 Å². The summed E-state index contributed by atoms with van der Waals surface area (Å²) in [5, 5.41) is 3.22. The number of amides is 1. The van der Waals surface area contributed by atoms with Crippen molar-refractivity contribution in [2.24, 2.45) is 10.4 Å². The van der Waals surface area contributed by atoms with Gasteiger partial charge >= 0.3 is 6.09 Å². The third kappa shape index (κ3) is 6.93. The Bertz CT molecular complexity index is 910. The highest BCUT2D eigenvalue weighted by Gasteiger charge is 2.46. The Morgan fingerprint density at radius 1 is 1.31 bits per heavy atom. The highest BCUT2D eigenvalue weighted by Crippen LogP contribution is 2.52. The summed E-state index contributed by atoms with van der Waals surface area (Å²) in [6, 6.07) is 8.33. The molecule has 5 heteroatoms. The van der Waals surface area contributed by atoms with Gasteiger partial charge in [-0.3, -0.25) is 4.99 Å². The number of halogens is 1. The van der Waals surface area contributed by atoms with E-state index in [1.807, 2.05) is 39.8 Å². The maximum atomic E-state index is 12.8. The normalized spacial score (nSPS) is 20.8. The summed E-state index contributed by atoms with van der Waals surface area (Å²) in [6.45, 7) is 17.9. The lowest BCUT2D eigenvalue weighted by Crippen LogP contribution is -2.41. The summed E-state index contributed by atoms with van der Waals surface area (Å²) in [5.41, 5.74) is 3.70. The number of hydrogen-bond donors (Lipinski definition) is 1. The van der Waals surface area contributed by atoms with Crippen LogP contribution in [-0.2, 0) is 11.2 Å². The Labute approximate surface area is 202 Å². The van der Waals surface area contributed by atoms with Crippen molar-refractivity contribution in [1.82, 2.24) is 5.32 Å². The monoisotopic (exact) mass is 500 g/mol. The van der Waals surface area contributed by atoms with Crippen LogP contribution in [-0.4, -0.2) is 17.9 Å². The van der Waals surface area contributed by atoms with Gasteiger partial charge in [0, 0.05) is 10.7 Å². The minimum absolute atomic E-state index is 0.0961. The number of alkyl carbamates (subject to hydrolysis) is 1. The average molecular weight is 502 g/mol. The molecular weight excluding hydrogens is 464 g/mol. The summed E-state index contributed by atoms with van der Waals surface area (Å²) in [4.78, 5) is 17.3. The van der Waals surface area contributed by atoms with E-state index in [0.29, 0.717) is 0 Å². The predicted octanol–water partition coefficient (Wildman–Crippen LogP) is 7.81. The molecule has 2 atom stereocenters. The number of hydrogen-bond acceptors (Lipinski definition) is 3. The Kier molecular flexibility index (Phi) is 9.08. The largest absolute Gasteiger partial charge is 0.444 e. The third-order valence-corrected chi connectivity index (χ3v) is 6.04. The molecule has 0 aliphatic heterocycles. The van der Waals surface area contributed by atoms with Gasteiger partial charge in [-0.1, -0.05) is 56.8 Å². The summed E-state index contributed by atoms with van der Waals surface area (Å²) < 4.78 is 6.34. The van der Waals surface area contributed by atoms with Gasteiger partial charge in [-0.05, 0) is 91.4 Å². The summed E-state index contributed by atoms with van der Waals surface area (Å²) in [7, 11) is 0. The smallest absolute Gasteiger partial charge is 0.408 e. The van der Waals surface area contributed by atoms with Crippen molar-refractivity contribution in [3.05, 3.63) is 70.4 Å². The first kappa shape index (κ1) is 26.1. The van der Waals surface area contributed by atoms with E-state index in [2.05, 4.69) is 64.5 Å². The standard InChI is InChI=1S/C27H37BrN2O2/c1-8-15-27(16-14-19(3)23(9-2)29-18-20(4)28)17-21-12-10-11-13-22(21)24(27)30-25(31)32-26(5,6)7/h9-13,18,24H,3-4,8,14-17H2,1-2,5-7H3,(H,30,31)/b23-9-,29-18-/t24-,27?/m1/s1. The van der Waals surface area contributed by atoms with Crippen LogP contribution in [0.5, 0.6) is 0 Å². The molecule has 1 unspecified atom stereocenters. The minimum Gasteiger partial charge on any atom is -0.444 e. The fraction of sp³-hybridized carbons (Fsp3) is 0.481. The fourth-order valence-electron chi connectivity index (χ4n) is 4.57. The Balaban J connectivity index is 2.30. The minimum atomic E-state index is -0.540. The third-order valence-electron chi connectivity index (χ3n) is 5.83. The number of carbonyl (C=O) groups is 1. The Morgan fingerprint density at radius 3 is 2.59 bits per heavy atom. The van der Waals surface area contributed by atoms with Crippen LogP contribution in [0, 0.1) is 5.41 Å². The van der Waals surface area contributed by atoms with E-state index < -0.39 is 5.60 Å². The first-order valence-corrected chi connectivity index (χ1v) is 12.1. The SMILES string of the molecule is C=C(Br)/C=N\C(=C/C)C(=C)CCC1(CCC)Cc2ccccc2[C@H]1NC(=O)OC(C)(C)C. The van der Waals surface area contributed by atoms with Crippen LogP contribution in [0.1, 0.15) is 77.5 Å². The molecule has 0 fully saturated rings. The lowest BCUT2D eigenvalue weighted by molar-refractivity contribution is 0.0434. The van der Waals surface area contributed by atoms with E-state index in [4.69, 9.17) is 4.74 Å². The Hall–Kier alpha value is -2.14. The molecule has 0 heterocycles. The van der Waals surface area contributed by atoms with E-state index in [0.717, 1.165) is 47.9 Å². The second-order valence-electron chi connectivity index (χ2n) is 9.55. The van der Waals surface area contributed by atoms with Gasteiger partial charge in [0.2, 0.25) is 0 Å². The zero-order chi connectivity index (χ0) is 23.9. The van der Waals surface area contributed by atoms with Crippen molar-refractivity contribution >= 4 is 28.2 Å². The van der Waals surface area contributed by atoms with Gasteiger partial charge in [-0.15, -0.1) is 0 Å². The summed E-state index contributed by atoms with van der Waals surface area (Å²) in [5.74, 6) is 0. The van der Waals surface area contributed by atoms with Gasteiger partial charge in [0.25, 0.3) is 0 Å². The second kappa shape index (κ2) is 11.1. The number of rotatable bonds is 9. The van der Waals surface area contributed by atoms with Crippen molar-refractivity contribution in [1.29, 1.82) is 0 Å². The molecule has 1 aliphatic carbocycles. The molecule has 4 nitrogen and oxygen atoms in total. The van der Waals surface area contributed by atoms with Crippen LogP contribution in [0.2, 0.25) is 0 Å². The van der Waals surface area contributed by atoms with Crippen LogP contribution >= 0.6 is 15.9 Å². The van der Waals surface area contributed by atoms with Crippen molar-refractivity contribution in [2.45, 2.75) is 78.4 Å². The molecule has 1 amide bonds. The molecule has 174 valence electrons. The van der Waals surface area contributed by atoms with Gasteiger partial charge in [0.1, 0.15) is 5.60 Å². The number of ether oxygens (including phenoxy) is 1. The zero-order valence-corrected chi connectivity index (χ0v) is 21.7. The van der Waals surface area contributed by atoms with Crippen LogP contribution < -0.4 is 5.32 Å². The molecule has 2 rings (SSSR count). The molecule has 0 bridgehead atoms. The molecule has 1 aliphatic rings. The topological polar surface area (TPSA) is 50.7 Å². The fourth-order valence-corrected chi connectivity index (χ4v) is 4.67. The molecule has 0 radical (unpaired) electrons. The molecule has 1 aromatic carbocycles. The molecule has 0 saturated heterocycles. The van der Waals surface area contributed by atoms with E-state index in [9.17, 15) is 4.79 Å². The van der Waals surface area contributed by atoms with Gasteiger partial charge in [-0.25, -0.2) is 4.79 Å². The number of allylic oxidation sites excluding steroid dienone is 3. The maximum Gasteiger partial charge on any atom is 0.408 e. The number of fused-ring (bicyclic) bond motifs is 1. The van der Waals surface area contributed by atoms with Crippen molar-refractivity contribution in [3.8, 4) is 0 Å². The number of aliphatic imine (C=N–C) groups is 1. The molecular formula is C27H37BrN2O2. The van der Waals surface area contributed by atoms with Gasteiger partial charge in [0.05, 0.1) is 11.7 Å².